The van der Waals surface area contributed by atoms with Crippen molar-refractivity contribution in [1.29, 1.82) is 0 Å². The van der Waals surface area contributed by atoms with E-state index in [2.05, 4.69) is 4.98 Å². The highest BCUT2D eigenvalue weighted by Crippen LogP contribution is 2.22. The maximum absolute atomic E-state index is 12.8. The smallest absolute Gasteiger partial charge is 0.270 e. The van der Waals surface area contributed by atoms with Gasteiger partial charge in [-0.1, -0.05) is 36.8 Å². The lowest BCUT2D eigenvalue weighted by Crippen LogP contribution is -2.35. The zero-order valence-electron chi connectivity index (χ0n) is 15.0. The van der Waals surface area contributed by atoms with Crippen LogP contribution in [0.1, 0.15) is 42.2 Å². The molecule has 0 saturated carbocycles. The monoisotopic (exact) mass is 375 g/mol. The number of hydrogen-bond acceptors (Lipinski definition) is 3. The Morgan fingerprint density at radius 3 is 2.50 bits per heavy atom. The topological polar surface area (TPSA) is 73.5 Å². The number of benzene rings is 1. The second kappa shape index (κ2) is 8.05. The predicted molar refractivity (Wildman–Crippen MR) is 100 cm³/mol. The number of H-pyrrole nitrogens is 1. The Kier molecular flexibility index (Phi) is 5.78. The van der Waals surface area contributed by atoms with Crippen LogP contribution in [0.25, 0.3) is 0 Å². The molecule has 0 spiro atoms. The fourth-order valence-electron chi connectivity index (χ4n) is 3.20. The molecule has 0 atom stereocenters. The summed E-state index contributed by atoms with van der Waals surface area (Å²) in [5, 5.41) is 0. The van der Waals surface area contributed by atoms with Gasteiger partial charge in [0.25, 0.3) is 5.91 Å². The maximum Gasteiger partial charge on any atom is 0.270 e. The summed E-state index contributed by atoms with van der Waals surface area (Å²) in [4.78, 5) is 17.5. The molecule has 2 aromatic rings. The molecule has 26 heavy (non-hydrogen) atoms. The number of aromatic amines is 1. The Labute approximate surface area is 154 Å². The number of rotatable bonds is 6. The molecule has 1 aliphatic rings. The quantitative estimate of drug-likeness (QED) is 0.844. The van der Waals surface area contributed by atoms with Crippen LogP contribution in [0, 0.1) is 0 Å². The largest absolute Gasteiger partial charge is 0.356 e. The number of amides is 1. The fourth-order valence-corrected chi connectivity index (χ4v) is 4.71. The highest BCUT2D eigenvalue weighted by molar-refractivity contribution is 7.89. The number of carbonyl (C=O) groups excluding carboxylic acids is 1. The van der Waals surface area contributed by atoms with Gasteiger partial charge in [0, 0.05) is 32.4 Å². The van der Waals surface area contributed by atoms with Crippen LogP contribution in [-0.4, -0.2) is 48.1 Å². The van der Waals surface area contributed by atoms with Crippen LogP contribution in [0.2, 0.25) is 0 Å². The molecule has 140 valence electrons. The summed E-state index contributed by atoms with van der Waals surface area (Å²) in [6, 6.07) is 11.2. The molecular formula is C19H25N3O3S. The van der Waals surface area contributed by atoms with Gasteiger partial charge in [-0.25, -0.2) is 8.42 Å². The van der Waals surface area contributed by atoms with E-state index in [1.165, 1.54) is 16.6 Å². The van der Waals surface area contributed by atoms with Crippen molar-refractivity contribution in [1.82, 2.24) is 14.2 Å². The predicted octanol–water partition coefficient (Wildman–Crippen LogP) is 2.85. The van der Waals surface area contributed by atoms with E-state index >= 15 is 0 Å². The number of sulfonamides is 1. The lowest BCUT2D eigenvalue weighted by Gasteiger charge is -2.25. The van der Waals surface area contributed by atoms with Crippen molar-refractivity contribution in [3.05, 3.63) is 53.9 Å². The number of hydrogen-bond donors (Lipinski definition) is 1. The molecule has 1 amide bonds. The Hall–Kier alpha value is -2.12. The second-order valence-corrected chi connectivity index (χ2v) is 8.46. The molecule has 1 aromatic heterocycles. The molecule has 0 radical (unpaired) electrons. The van der Waals surface area contributed by atoms with Gasteiger partial charge in [0.1, 0.15) is 10.6 Å². The lowest BCUT2D eigenvalue weighted by atomic mass is 10.2. The Morgan fingerprint density at radius 1 is 1.15 bits per heavy atom. The molecule has 1 N–H and O–H groups in total. The molecule has 0 aliphatic carbocycles. The number of carbonyl (C=O) groups is 1. The Balaban J connectivity index is 1.76. The minimum atomic E-state index is -3.53. The van der Waals surface area contributed by atoms with Crippen LogP contribution < -0.4 is 0 Å². The summed E-state index contributed by atoms with van der Waals surface area (Å²) >= 11 is 0. The molecule has 1 aromatic carbocycles. The third-order valence-electron chi connectivity index (χ3n) is 4.72. The van der Waals surface area contributed by atoms with Crippen LogP contribution in [0.5, 0.6) is 0 Å². The summed E-state index contributed by atoms with van der Waals surface area (Å²) in [7, 11) is -3.53. The van der Waals surface area contributed by atoms with Gasteiger partial charge < -0.3 is 9.88 Å². The number of aromatic nitrogens is 1. The van der Waals surface area contributed by atoms with E-state index in [4.69, 9.17) is 0 Å². The molecule has 1 fully saturated rings. The van der Waals surface area contributed by atoms with Gasteiger partial charge in [0.2, 0.25) is 10.0 Å². The van der Waals surface area contributed by atoms with Gasteiger partial charge >= 0.3 is 0 Å². The molecule has 0 bridgehead atoms. The van der Waals surface area contributed by atoms with E-state index in [1.54, 1.807) is 4.90 Å². The summed E-state index contributed by atoms with van der Waals surface area (Å²) < 4.78 is 27.0. The van der Waals surface area contributed by atoms with Gasteiger partial charge in [-0.15, -0.1) is 0 Å². The lowest BCUT2D eigenvalue weighted by molar-refractivity contribution is 0.0747. The first kappa shape index (κ1) is 18.7. The summed E-state index contributed by atoms with van der Waals surface area (Å²) in [6.07, 6.45) is 4.26. The van der Waals surface area contributed by atoms with E-state index in [1.807, 2.05) is 37.3 Å². The molecule has 0 unspecified atom stereocenters. The van der Waals surface area contributed by atoms with Crippen LogP contribution in [0.4, 0.5) is 0 Å². The third-order valence-corrected chi connectivity index (χ3v) is 6.60. The second-order valence-electron chi connectivity index (χ2n) is 6.52. The Bertz CT molecular complexity index is 840. The van der Waals surface area contributed by atoms with Crippen molar-refractivity contribution in [3.8, 4) is 0 Å². The van der Waals surface area contributed by atoms with Gasteiger partial charge in [-0.3, -0.25) is 4.79 Å². The van der Waals surface area contributed by atoms with Gasteiger partial charge in [0.05, 0.1) is 0 Å². The zero-order chi connectivity index (χ0) is 18.6. The third kappa shape index (κ3) is 3.99. The number of nitrogens with one attached hydrogen (secondary N) is 1. The fraction of sp³-hybridized carbons (Fsp3) is 0.421. The van der Waals surface area contributed by atoms with Crippen molar-refractivity contribution in [2.45, 2.75) is 37.6 Å². The van der Waals surface area contributed by atoms with E-state index in [9.17, 15) is 13.2 Å². The number of nitrogens with zero attached hydrogens (tertiary/aromatic N) is 2. The van der Waals surface area contributed by atoms with Crippen LogP contribution in [0.15, 0.2) is 47.5 Å². The molecule has 6 nitrogen and oxygen atoms in total. The van der Waals surface area contributed by atoms with E-state index in [0.29, 0.717) is 31.9 Å². The van der Waals surface area contributed by atoms with Gasteiger partial charge in [-0.2, -0.15) is 4.31 Å². The van der Waals surface area contributed by atoms with Crippen LogP contribution in [0.3, 0.4) is 0 Å². The van der Waals surface area contributed by atoms with E-state index < -0.39 is 10.0 Å². The summed E-state index contributed by atoms with van der Waals surface area (Å²) in [5.41, 5.74) is 1.34. The first-order valence-electron chi connectivity index (χ1n) is 9.04. The SMILES string of the molecule is CCN(Cc1ccccc1)C(=O)c1cc(S(=O)(=O)N2CCCCC2)c[nH]1. The normalized spacial score (nSPS) is 15.7. The average molecular weight is 375 g/mol. The minimum absolute atomic E-state index is 0.165. The summed E-state index contributed by atoms with van der Waals surface area (Å²) in [6.45, 7) is 4.04. The summed E-state index contributed by atoms with van der Waals surface area (Å²) in [5.74, 6) is -0.198. The van der Waals surface area contributed by atoms with E-state index in [-0.39, 0.29) is 10.8 Å². The number of piperidine rings is 1. The van der Waals surface area contributed by atoms with Crippen LogP contribution in [-0.2, 0) is 16.6 Å². The first-order valence-corrected chi connectivity index (χ1v) is 10.5. The van der Waals surface area contributed by atoms with Crippen molar-refractivity contribution in [2.75, 3.05) is 19.6 Å². The molecule has 1 saturated heterocycles. The molecule has 1 aliphatic heterocycles. The highest BCUT2D eigenvalue weighted by atomic mass is 32.2. The van der Waals surface area contributed by atoms with Crippen LogP contribution >= 0.6 is 0 Å². The minimum Gasteiger partial charge on any atom is -0.356 e. The molecule has 3 rings (SSSR count). The van der Waals surface area contributed by atoms with E-state index in [0.717, 1.165) is 24.8 Å². The Morgan fingerprint density at radius 2 is 1.85 bits per heavy atom. The average Bonchev–Trinajstić information content (AvgIpc) is 3.18. The van der Waals surface area contributed by atoms with Crippen molar-refractivity contribution in [2.24, 2.45) is 0 Å². The van der Waals surface area contributed by atoms with Crippen molar-refractivity contribution < 1.29 is 13.2 Å². The first-order chi connectivity index (χ1) is 12.5. The standard InChI is InChI=1S/C19H25N3O3S/c1-2-21(15-16-9-5-3-6-10-16)19(23)18-13-17(14-20-18)26(24,25)22-11-7-4-8-12-22/h3,5-6,9-10,13-14,20H,2,4,7-8,11-12,15H2,1H3. The van der Waals surface area contributed by atoms with Gasteiger partial charge in [0.15, 0.2) is 0 Å². The molecular weight excluding hydrogens is 350 g/mol. The van der Waals surface area contributed by atoms with Crippen molar-refractivity contribution >= 4 is 15.9 Å². The van der Waals surface area contributed by atoms with Crippen molar-refractivity contribution in [3.63, 3.8) is 0 Å². The molecule has 7 heteroatoms. The highest BCUT2D eigenvalue weighted by Gasteiger charge is 2.28. The van der Waals surface area contributed by atoms with Gasteiger partial charge in [-0.05, 0) is 31.4 Å². The molecule has 2 heterocycles. The maximum atomic E-state index is 12.8. The zero-order valence-corrected chi connectivity index (χ0v) is 15.8.